The van der Waals surface area contributed by atoms with E-state index >= 15 is 0 Å². The minimum atomic E-state index is -0.831. The van der Waals surface area contributed by atoms with E-state index in [1.807, 2.05) is 0 Å². The summed E-state index contributed by atoms with van der Waals surface area (Å²) in [6.45, 7) is 1.35. The molecule has 1 aliphatic heterocycles. The second-order valence-corrected chi connectivity index (χ2v) is 5.42. The number of nitrogens with zero attached hydrogens (tertiary/aromatic N) is 1. The molecular weight excluding hydrogens is 421 g/mol. The van der Waals surface area contributed by atoms with E-state index < -0.39 is 5.60 Å². The molecule has 0 bridgehead atoms. The third-order valence-electron chi connectivity index (χ3n) is 3.39. The number of guanidine groups is 1. The van der Waals surface area contributed by atoms with E-state index in [1.165, 1.54) is 0 Å². The van der Waals surface area contributed by atoms with Crippen molar-refractivity contribution in [3.8, 4) is 5.75 Å². The highest BCUT2D eigenvalue weighted by Crippen LogP contribution is 2.27. The van der Waals surface area contributed by atoms with E-state index in [4.69, 9.17) is 26.8 Å². The van der Waals surface area contributed by atoms with Crippen LogP contribution in [0.3, 0.4) is 0 Å². The molecule has 1 aliphatic rings. The van der Waals surface area contributed by atoms with Crippen LogP contribution in [0.15, 0.2) is 23.2 Å². The van der Waals surface area contributed by atoms with E-state index in [-0.39, 0.29) is 36.5 Å². The quantitative estimate of drug-likeness (QED) is 0.379. The van der Waals surface area contributed by atoms with Gasteiger partial charge in [-0.1, -0.05) is 11.6 Å². The summed E-state index contributed by atoms with van der Waals surface area (Å²) >= 11 is 6.03. The lowest BCUT2D eigenvalue weighted by Crippen LogP contribution is -2.40. The number of rotatable bonds is 4. The fraction of sp³-hybridized carbons (Fsp3) is 0.500. The molecule has 1 saturated heterocycles. The Hall–Kier alpha value is -0.770. The number of ether oxygens (including phenoxy) is 2. The zero-order valence-corrected chi connectivity index (χ0v) is 15.4. The first-order valence-electron chi connectivity index (χ1n) is 6.73. The summed E-state index contributed by atoms with van der Waals surface area (Å²) < 4.78 is 10.3. The van der Waals surface area contributed by atoms with Crippen LogP contribution in [0.2, 0.25) is 5.02 Å². The second kappa shape index (κ2) is 8.76. The minimum absolute atomic E-state index is 0. The molecule has 1 fully saturated rings. The molecule has 1 heterocycles. The topological polar surface area (TPSA) is 89.1 Å². The van der Waals surface area contributed by atoms with Crippen molar-refractivity contribution in [2.45, 2.75) is 18.4 Å². The summed E-state index contributed by atoms with van der Waals surface area (Å²) in [7, 11) is 1.55. The Morgan fingerprint density at radius 2 is 2.18 bits per heavy atom. The van der Waals surface area contributed by atoms with Crippen LogP contribution >= 0.6 is 35.6 Å². The largest absolute Gasteiger partial charge is 0.495 e. The van der Waals surface area contributed by atoms with Crippen molar-refractivity contribution in [3.05, 3.63) is 23.2 Å². The summed E-state index contributed by atoms with van der Waals surface area (Å²) in [4.78, 5) is 4.19. The van der Waals surface area contributed by atoms with Crippen molar-refractivity contribution in [1.82, 2.24) is 0 Å². The summed E-state index contributed by atoms with van der Waals surface area (Å²) in [5, 5.41) is 13.7. The van der Waals surface area contributed by atoms with Gasteiger partial charge in [-0.05, 0) is 18.2 Å². The minimum Gasteiger partial charge on any atom is -0.495 e. The number of hydrogen-bond acceptors (Lipinski definition) is 4. The molecule has 0 radical (unpaired) electrons. The number of aliphatic hydroxyl groups is 1. The van der Waals surface area contributed by atoms with Crippen molar-refractivity contribution >= 4 is 47.2 Å². The predicted octanol–water partition coefficient (Wildman–Crippen LogP) is 2.23. The van der Waals surface area contributed by atoms with Crippen molar-refractivity contribution in [1.29, 1.82) is 0 Å². The van der Waals surface area contributed by atoms with Crippen LogP contribution in [0, 0.1) is 0 Å². The summed E-state index contributed by atoms with van der Waals surface area (Å²) in [6.07, 6.45) is 1.14. The number of anilines is 1. The van der Waals surface area contributed by atoms with Crippen LogP contribution in [-0.2, 0) is 4.74 Å². The van der Waals surface area contributed by atoms with Crippen LogP contribution in [0.4, 0.5) is 5.69 Å². The molecule has 22 heavy (non-hydrogen) atoms. The lowest BCUT2D eigenvalue weighted by molar-refractivity contribution is -0.0565. The first-order chi connectivity index (χ1) is 10.0. The van der Waals surface area contributed by atoms with Gasteiger partial charge in [0.2, 0.25) is 0 Å². The van der Waals surface area contributed by atoms with Crippen LogP contribution in [0.5, 0.6) is 5.75 Å². The normalized spacial score (nSPS) is 17.5. The van der Waals surface area contributed by atoms with Crippen LogP contribution in [-0.4, -0.2) is 43.5 Å². The molecule has 0 aliphatic carbocycles. The van der Waals surface area contributed by atoms with E-state index in [1.54, 1.807) is 25.3 Å². The Labute approximate surface area is 152 Å². The van der Waals surface area contributed by atoms with Gasteiger partial charge in [0.1, 0.15) is 5.75 Å². The van der Waals surface area contributed by atoms with Crippen LogP contribution in [0.1, 0.15) is 12.8 Å². The molecule has 0 amide bonds. The van der Waals surface area contributed by atoms with Crippen LogP contribution in [0.25, 0.3) is 0 Å². The zero-order valence-electron chi connectivity index (χ0n) is 12.3. The maximum absolute atomic E-state index is 10.3. The van der Waals surface area contributed by atoms with E-state index in [0.717, 1.165) is 0 Å². The van der Waals surface area contributed by atoms with Gasteiger partial charge >= 0.3 is 0 Å². The van der Waals surface area contributed by atoms with Gasteiger partial charge in [-0.15, -0.1) is 24.0 Å². The Morgan fingerprint density at radius 1 is 1.50 bits per heavy atom. The van der Waals surface area contributed by atoms with Gasteiger partial charge in [-0.2, -0.15) is 0 Å². The predicted molar refractivity (Wildman–Crippen MR) is 98.5 cm³/mol. The van der Waals surface area contributed by atoms with Gasteiger partial charge in [0.15, 0.2) is 5.96 Å². The molecule has 8 heteroatoms. The summed E-state index contributed by atoms with van der Waals surface area (Å²) in [5.74, 6) is 0.824. The first kappa shape index (κ1) is 19.3. The van der Waals surface area contributed by atoms with Gasteiger partial charge in [0, 0.05) is 31.7 Å². The van der Waals surface area contributed by atoms with Crippen molar-refractivity contribution in [2.24, 2.45) is 10.7 Å². The standard InChI is InChI=1S/C14H20ClN3O3.HI/c1-20-12-3-2-10(8-11(12)15)18-13(16)17-9-14(19)4-6-21-7-5-14;/h2-3,8,19H,4-7,9H2,1H3,(H3,16,17,18);1H. The molecule has 0 unspecified atom stereocenters. The SMILES string of the molecule is COc1ccc(NC(N)=NCC2(O)CCOCC2)cc1Cl.I. The molecule has 1 aromatic rings. The number of halogens is 2. The number of nitrogens with one attached hydrogen (secondary N) is 1. The average molecular weight is 442 g/mol. The highest BCUT2D eigenvalue weighted by Gasteiger charge is 2.29. The fourth-order valence-corrected chi connectivity index (χ4v) is 2.33. The third-order valence-corrected chi connectivity index (χ3v) is 3.69. The molecule has 124 valence electrons. The smallest absolute Gasteiger partial charge is 0.193 e. The molecule has 0 spiro atoms. The lowest BCUT2D eigenvalue weighted by atomic mass is 9.95. The number of methoxy groups -OCH3 is 1. The summed E-state index contributed by atoms with van der Waals surface area (Å²) in [5.41, 5.74) is 5.70. The average Bonchev–Trinajstić information content (AvgIpc) is 2.46. The van der Waals surface area contributed by atoms with Crippen molar-refractivity contribution < 1.29 is 14.6 Å². The third kappa shape index (κ3) is 5.45. The van der Waals surface area contributed by atoms with Gasteiger partial charge in [-0.3, -0.25) is 4.99 Å². The van der Waals surface area contributed by atoms with E-state index in [0.29, 0.717) is 42.5 Å². The second-order valence-electron chi connectivity index (χ2n) is 5.01. The lowest BCUT2D eigenvalue weighted by Gasteiger charge is -2.30. The maximum Gasteiger partial charge on any atom is 0.193 e. The molecule has 6 nitrogen and oxygen atoms in total. The Bertz CT molecular complexity index is 522. The number of nitrogens with two attached hydrogens (primary N) is 1. The molecule has 0 saturated carbocycles. The van der Waals surface area contributed by atoms with E-state index in [9.17, 15) is 5.11 Å². The first-order valence-corrected chi connectivity index (χ1v) is 7.11. The number of aliphatic imine (C=N–C) groups is 1. The van der Waals surface area contributed by atoms with Gasteiger partial charge in [-0.25, -0.2) is 0 Å². The Kier molecular flexibility index (Phi) is 7.67. The molecule has 0 aromatic heterocycles. The molecule has 0 atom stereocenters. The Morgan fingerprint density at radius 3 is 2.77 bits per heavy atom. The maximum atomic E-state index is 10.3. The fourth-order valence-electron chi connectivity index (χ4n) is 2.07. The van der Waals surface area contributed by atoms with Gasteiger partial charge in [0.05, 0.1) is 24.3 Å². The molecule has 2 rings (SSSR count). The van der Waals surface area contributed by atoms with E-state index in [2.05, 4.69) is 10.3 Å². The number of hydrogen-bond donors (Lipinski definition) is 3. The van der Waals surface area contributed by atoms with Gasteiger partial charge in [0.25, 0.3) is 0 Å². The monoisotopic (exact) mass is 441 g/mol. The highest BCUT2D eigenvalue weighted by atomic mass is 127. The van der Waals surface area contributed by atoms with Crippen LogP contribution < -0.4 is 15.8 Å². The molecule has 4 N–H and O–H groups in total. The number of benzene rings is 1. The van der Waals surface area contributed by atoms with Gasteiger partial charge < -0.3 is 25.6 Å². The zero-order chi connectivity index (χ0) is 15.3. The van der Waals surface area contributed by atoms with Crippen molar-refractivity contribution in [2.75, 3.05) is 32.2 Å². The highest BCUT2D eigenvalue weighted by molar-refractivity contribution is 14.0. The molecular formula is C14H21ClIN3O3. The van der Waals surface area contributed by atoms with Crippen molar-refractivity contribution in [3.63, 3.8) is 0 Å². The Balaban J connectivity index is 0.00000242. The summed E-state index contributed by atoms with van der Waals surface area (Å²) in [6, 6.07) is 5.23. The molecule has 1 aromatic carbocycles.